The Hall–Kier alpha value is -0.850. The van der Waals surface area contributed by atoms with Crippen LogP contribution in [0.25, 0.3) is 0 Å². The summed E-state index contributed by atoms with van der Waals surface area (Å²) in [7, 11) is 0. The average molecular weight is 446 g/mol. The zero-order valence-corrected chi connectivity index (χ0v) is 18.0. The van der Waals surface area contributed by atoms with Gasteiger partial charge in [-0.3, -0.25) is 4.79 Å². The van der Waals surface area contributed by atoms with E-state index in [1.807, 2.05) is 20.8 Å². The molecular weight excluding hydrogens is 412 g/mol. The van der Waals surface area contributed by atoms with Crippen LogP contribution >= 0.6 is 0 Å². The maximum absolute atomic E-state index is 12.6. The molecule has 0 aromatic carbocycles. The molecule has 2 bridgehead atoms. The Kier molecular flexibility index (Phi) is 5.92. The van der Waals surface area contributed by atoms with E-state index in [0.717, 1.165) is 0 Å². The molecule has 4 aliphatic rings. The Bertz CT molecular complexity index is 700. The Morgan fingerprint density at radius 3 is 2.42 bits per heavy atom. The summed E-state index contributed by atoms with van der Waals surface area (Å²) >= 11 is 0. The van der Waals surface area contributed by atoms with Gasteiger partial charge in [-0.25, -0.2) is 0 Å². The second kappa shape index (κ2) is 7.88. The molecule has 2 saturated carbocycles. The molecule has 178 valence electrons. The fourth-order valence-electron chi connectivity index (χ4n) is 6.45. The highest BCUT2D eigenvalue weighted by molar-refractivity contribution is 5.78. The van der Waals surface area contributed by atoms with Gasteiger partial charge in [-0.1, -0.05) is 20.8 Å². The number of hydrogen-bond donors (Lipinski definition) is 6. The number of aliphatic hydroxyl groups excluding tert-OH is 5. The molecule has 0 aromatic rings. The lowest BCUT2D eigenvalue weighted by Crippen LogP contribution is -2.66. The molecule has 6 N–H and O–H groups in total. The molecule has 2 aliphatic heterocycles. The largest absolute Gasteiger partial charge is 0.456 e. The van der Waals surface area contributed by atoms with Crippen molar-refractivity contribution in [2.75, 3.05) is 13.2 Å². The summed E-state index contributed by atoms with van der Waals surface area (Å²) in [6.45, 7) is 5.00. The zero-order chi connectivity index (χ0) is 22.9. The van der Waals surface area contributed by atoms with Crippen LogP contribution in [0.3, 0.4) is 0 Å². The van der Waals surface area contributed by atoms with Crippen LogP contribution < -0.4 is 0 Å². The van der Waals surface area contributed by atoms with Gasteiger partial charge in [-0.2, -0.15) is 0 Å². The molecule has 10 heteroatoms. The lowest BCUT2D eigenvalue weighted by molar-refractivity contribution is -0.306. The van der Waals surface area contributed by atoms with Crippen LogP contribution in [0, 0.1) is 29.1 Å². The summed E-state index contributed by atoms with van der Waals surface area (Å²) in [5.41, 5.74) is -2.20. The molecular formula is C21H34O10. The normalized spacial score (nSPS) is 54.2. The second-order valence-electron chi connectivity index (χ2n) is 10.1. The molecule has 0 spiro atoms. The molecule has 0 aromatic heterocycles. The van der Waals surface area contributed by atoms with Crippen LogP contribution in [0.2, 0.25) is 0 Å². The monoisotopic (exact) mass is 446 g/mol. The van der Waals surface area contributed by atoms with Crippen molar-refractivity contribution >= 4 is 5.97 Å². The van der Waals surface area contributed by atoms with Crippen molar-refractivity contribution in [1.29, 1.82) is 0 Å². The van der Waals surface area contributed by atoms with Gasteiger partial charge in [0.2, 0.25) is 0 Å². The topological polar surface area (TPSA) is 166 Å². The van der Waals surface area contributed by atoms with E-state index in [2.05, 4.69) is 0 Å². The van der Waals surface area contributed by atoms with E-state index >= 15 is 0 Å². The summed E-state index contributed by atoms with van der Waals surface area (Å²) in [4.78, 5) is 12.6. The van der Waals surface area contributed by atoms with Gasteiger partial charge in [0.15, 0.2) is 12.4 Å². The number of ether oxygens (including phenoxy) is 3. The van der Waals surface area contributed by atoms with Gasteiger partial charge in [0.05, 0.1) is 25.2 Å². The van der Waals surface area contributed by atoms with Crippen molar-refractivity contribution in [3.8, 4) is 0 Å². The lowest BCUT2D eigenvalue weighted by atomic mass is 9.53. The Morgan fingerprint density at radius 1 is 1.13 bits per heavy atom. The van der Waals surface area contributed by atoms with Crippen molar-refractivity contribution in [2.24, 2.45) is 29.1 Å². The highest BCUT2D eigenvalue weighted by Crippen LogP contribution is 2.64. The van der Waals surface area contributed by atoms with Crippen LogP contribution in [0.1, 0.15) is 33.6 Å². The lowest BCUT2D eigenvalue weighted by Gasteiger charge is -2.53. The minimum Gasteiger partial charge on any atom is -0.456 e. The second-order valence-corrected chi connectivity index (χ2v) is 10.1. The molecule has 2 aliphatic carbocycles. The first-order valence-electron chi connectivity index (χ1n) is 11.0. The smallest absolute Gasteiger partial charge is 0.312 e. The molecule has 2 unspecified atom stereocenters. The molecule has 0 amide bonds. The molecule has 10 nitrogen and oxygen atoms in total. The fraction of sp³-hybridized carbons (Fsp3) is 0.952. The third-order valence-electron chi connectivity index (χ3n) is 8.52. The maximum atomic E-state index is 12.6. The van der Waals surface area contributed by atoms with Gasteiger partial charge >= 0.3 is 5.97 Å². The van der Waals surface area contributed by atoms with Crippen molar-refractivity contribution in [1.82, 2.24) is 0 Å². The summed E-state index contributed by atoms with van der Waals surface area (Å²) in [5, 5.41) is 62.0. The quantitative estimate of drug-likeness (QED) is 0.264. The predicted octanol–water partition coefficient (Wildman–Crippen LogP) is -1.86. The van der Waals surface area contributed by atoms with E-state index < -0.39 is 72.4 Å². The standard InChI is InChI=1S/C21H34O10/c1-8(2)21(28)12-10-5-4-9(20(10,3)16(26)17(21)31-18(12)27)7-29-19-15(25)14(24)13(23)11(6-22)30-19/h8-17,19,22-26,28H,4-7H2,1-3H3/t9-,10-,11-,12?,13+,14-,15-,16+,17?,19-,20-,21+/m1/s1. The molecule has 12 atom stereocenters. The van der Waals surface area contributed by atoms with Gasteiger partial charge in [-0.05, 0) is 30.6 Å². The van der Waals surface area contributed by atoms with Gasteiger partial charge in [0.25, 0.3) is 0 Å². The number of fused-ring (bicyclic) bond motifs is 4. The van der Waals surface area contributed by atoms with Crippen molar-refractivity contribution < 1.29 is 49.6 Å². The molecule has 2 saturated heterocycles. The molecule has 4 rings (SSSR count). The molecule has 2 heterocycles. The highest BCUT2D eigenvalue weighted by atomic mass is 16.7. The van der Waals surface area contributed by atoms with Crippen LogP contribution in [-0.2, 0) is 19.0 Å². The van der Waals surface area contributed by atoms with Gasteiger partial charge < -0.3 is 44.8 Å². The van der Waals surface area contributed by atoms with E-state index in [1.165, 1.54) is 0 Å². The van der Waals surface area contributed by atoms with E-state index in [4.69, 9.17) is 14.2 Å². The summed E-state index contributed by atoms with van der Waals surface area (Å²) < 4.78 is 16.6. The number of carbonyl (C=O) groups is 1. The number of hydrogen-bond acceptors (Lipinski definition) is 10. The molecule has 31 heavy (non-hydrogen) atoms. The Morgan fingerprint density at radius 2 is 1.81 bits per heavy atom. The van der Waals surface area contributed by atoms with Crippen LogP contribution in [0.4, 0.5) is 0 Å². The van der Waals surface area contributed by atoms with Crippen LogP contribution in [0.15, 0.2) is 0 Å². The van der Waals surface area contributed by atoms with Crippen molar-refractivity contribution in [2.45, 2.75) is 82.1 Å². The first kappa shape index (κ1) is 23.3. The summed E-state index contributed by atoms with van der Waals surface area (Å²) in [5.74, 6) is -2.02. The first-order valence-corrected chi connectivity index (χ1v) is 11.0. The third-order valence-corrected chi connectivity index (χ3v) is 8.52. The third kappa shape index (κ3) is 3.11. The highest BCUT2D eigenvalue weighted by Gasteiger charge is 2.74. The average Bonchev–Trinajstić information content (AvgIpc) is 3.17. The minimum atomic E-state index is -1.54. The SMILES string of the molecule is CC(C)[C@]1(O)C2C(=O)OC1[C@H](O)[C@]1(C)[C@@H](CO[C@@H]3O[C@H](CO)[C@H](O)[C@@H](O)[C@H]3O)CC[C@H]21. The minimum absolute atomic E-state index is 0.0560. The summed E-state index contributed by atoms with van der Waals surface area (Å²) in [6.07, 6.45) is -7.76. The van der Waals surface area contributed by atoms with Crippen LogP contribution in [-0.4, -0.2) is 98.3 Å². The number of rotatable bonds is 5. The Labute approximate surface area is 180 Å². The van der Waals surface area contributed by atoms with Crippen LogP contribution in [0.5, 0.6) is 0 Å². The van der Waals surface area contributed by atoms with E-state index in [1.54, 1.807) is 0 Å². The number of aliphatic hydroxyl groups is 6. The van der Waals surface area contributed by atoms with Gasteiger partial charge in [0.1, 0.15) is 30.0 Å². The summed E-state index contributed by atoms with van der Waals surface area (Å²) in [6, 6.07) is 0. The molecule has 0 radical (unpaired) electrons. The maximum Gasteiger partial charge on any atom is 0.312 e. The fourth-order valence-corrected chi connectivity index (χ4v) is 6.45. The van der Waals surface area contributed by atoms with E-state index in [9.17, 15) is 35.4 Å². The van der Waals surface area contributed by atoms with E-state index in [0.29, 0.717) is 12.8 Å². The van der Waals surface area contributed by atoms with Gasteiger partial charge in [-0.15, -0.1) is 0 Å². The van der Waals surface area contributed by atoms with E-state index in [-0.39, 0.29) is 24.4 Å². The van der Waals surface area contributed by atoms with Gasteiger partial charge in [0, 0.05) is 5.41 Å². The zero-order valence-electron chi connectivity index (χ0n) is 18.0. The van der Waals surface area contributed by atoms with Crippen molar-refractivity contribution in [3.05, 3.63) is 0 Å². The Balaban J connectivity index is 1.52. The first-order chi connectivity index (χ1) is 14.5. The number of carbonyl (C=O) groups excluding carboxylic acids is 1. The number of esters is 1. The predicted molar refractivity (Wildman–Crippen MR) is 103 cm³/mol. The molecule has 4 fully saturated rings. The van der Waals surface area contributed by atoms with Crippen molar-refractivity contribution in [3.63, 3.8) is 0 Å².